The van der Waals surface area contributed by atoms with Crippen LogP contribution < -0.4 is 5.32 Å². The minimum Gasteiger partial charge on any atom is -0.444 e. The lowest BCUT2D eigenvalue weighted by molar-refractivity contribution is 0.00873. The molecule has 0 bridgehead atoms. The lowest BCUT2D eigenvalue weighted by Gasteiger charge is -2.42. The highest BCUT2D eigenvalue weighted by atomic mass is 16.6. The van der Waals surface area contributed by atoms with Crippen molar-refractivity contribution in [2.45, 2.75) is 85.7 Å². The van der Waals surface area contributed by atoms with Crippen LogP contribution in [0.3, 0.4) is 0 Å². The van der Waals surface area contributed by atoms with Crippen molar-refractivity contribution in [1.29, 1.82) is 0 Å². The second kappa shape index (κ2) is 9.65. The Morgan fingerprint density at radius 2 is 1.83 bits per heavy atom. The standard InChI is InChI=1S/C20H40N2O2/c1-7-9-17(3)15-21-16-20(10-8-2)11-13-22(14-12-20)18(23)24-19(4,5)6/h17,21H,7-16H2,1-6H3. The summed E-state index contributed by atoms with van der Waals surface area (Å²) in [6.45, 7) is 16.5. The van der Waals surface area contributed by atoms with E-state index in [2.05, 4.69) is 26.1 Å². The third kappa shape index (κ3) is 7.42. The monoisotopic (exact) mass is 340 g/mol. The number of nitrogens with zero attached hydrogens (tertiary/aromatic N) is 1. The molecule has 1 fully saturated rings. The van der Waals surface area contributed by atoms with Gasteiger partial charge in [-0.2, -0.15) is 0 Å². The minimum absolute atomic E-state index is 0.155. The Morgan fingerprint density at radius 1 is 1.21 bits per heavy atom. The van der Waals surface area contributed by atoms with Gasteiger partial charge >= 0.3 is 6.09 Å². The number of hydrogen-bond donors (Lipinski definition) is 1. The summed E-state index contributed by atoms with van der Waals surface area (Å²) in [7, 11) is 0. The van der Waals surface area contributed by atoms with Gasteiger partial charge in [-0.1, -0.05) is 33.6 Å². The number of nitrogens with one attached hydrogen (secondary N) is 1. The third-order valence-corrected chi connectivity index (χ3v) is 5.03. The zero-order valence-corrected chi connectivity index (χ0v) is 16.9. The molecule has 1 amide bonds. The Bertz CT molecular complexity index is 368. The average molecular weight is 341 g/mol. The van der Waals surface area contributed by atoms with Crippen LogP contribution in [0.2, 0.25) is 0 Å². The van der Waals surface area contributed by atoms with E-state index in [0.717, 1.165) is 44.9 Å². The van der Waals surface area contributed by atoms with Crippen LogP contribution in [-0.2, 0) is 4.74 Å². The molecule has 0 aliphatic carbocycles. The number of rotatable bonds is 8. The van der Waals surface area contributed by atoms with Crippen LogP contribution in [0.15, 0.2) is 0 Å². The van der Waals surface area contributed by atoms with Gasteiger partial charge in [-0.25, -0.2) is 4.79 Å². The van der Waals surface area contributed by atoms with Crippen molar-refractivity contribution in [3.63, 3.8) is 0 Å². The van der Waals surface area contributed by atoms with Crippen molar-refractivity contribution in [2.75, 3.05) is 26.2 Å². The molecular weight excluding hydrogens is 300 g/mol. The van der Waals surface area contributed by atoms with Crippen LogP contribution in [0.5, 0.6) is 0 Å². The van der Waals surface area contributed by atoms with Crippen LogP contribution in [0.4, 0.5) is 4.79 Å². The van der Waals surface area contributed by atoms with E-state index in [4.69, 9.17) is 4.74 Å². The third-order valence-electron chi connectivity index (χ3n) is 5.03. The number of amides is 1. The van der Waals surface area contributed by atoms with Gasteiger partial charge in [0.15, 0.2) is 0 Å². The van der Waals surface area contributed by atoms with E-state index in [-0.39, 0.29) is 6.09 Å². The second-order valence-corrected chi connectivity index (χ2v) is 8.74. The number of carbonyl (C=O) groups is 1. The van der Waals surface area contributed by atoms with Crippen molar-refractivity contribution >= 4 is 6.09 Å². The molecule has 0 aromatic carbocycles. The molecule has 1 aliphatic rings. The van der Waals surface area contributed by atoms with Crippen molar-refractivity contribution in [1.82, 2.24) is 10.2 Å². The molecule has 0 spiro atoms. The Kier molecular flexibility index (Phi) is 8.55. The molecule has 142 valence electrons. The van der Waals surface area contributed by atoms with Crippen molar-refractivity contribution < 1.29 is 9.53 Å². The van der Waals surface area contributed by atoms with E-state index < -0.39 is 5.60 Å². The van der Waals surface area contributed by atoms with Gasteiger partial charge in [0.1, 0.15) is 5.60 Å². The van der Waals surface area contributed by atoms with Gasteiger partial charge in [0.05, 0.1) is 0 Å². The molecule has 1 saturated heterocycles. The molecule has 0 aromatic heterocycles. The molecule has 0 aromatic rings. The van der Waals surface area contributed by atoms with E-state index in [1.54, 1.807) is 0 Å². The summed E-state index contributed by atoms with van der Waals surface area (Å²) in [4.78, 5) is 14.1. The molecule has 1 atom stereocenters. The lowest BCUT2D eigenvalue weighted by atomic mass is 9.75. The van der Waals surface area contributed by atoms with E-state index in [9.17, 15) is 4.79 Å². The lowest BCUT2D eigenvalue weighted by Crippen LogP contribution is -2.48. The van der Waals surface area contributed by atoms with Crippen LogP contribution in [0, 0.1) is 11.3 Å². The molecule has 1 aliphatic heterocycles. The van der Waals surface area contributed by atoms with E-state index in [0.29, 0.717) is 5.41 Å². The predicted molar refractivity (Wildman–Crippen MR) is 101 cm³/mol. The molecule has 1 heterocycles. The quantitative estimate of drug-likeness (QED) is 0.688. The van der Waals surface area contributed by atoms with E-state index >= 15 is 0 Å². The van der Waals surface area contributed by atoms with Crippen molar-refractivity contribution in [3.05, 3.63) is 0 Å². The fraction of sp³-hybridized carbons (Fsp3) is 0.950. The van der Waals surface area contributed by atoms with Gasteiger partial charge in [-0.15, -0.1) is 0 Å². The first-order chi connectivity index (χ1) is 11.2. The number of hydrogen-bond acceptors (Lipinski definition) is 3. The molecule has 1 N–H and O–H groups in total. The Balaban J connectivity index is 2.49. The average Bonchev–Trinajstić information content (AvgIpc) is 2.46. The molecule has 0 radical (unpaired) electrons. The molecule has 0 saturated carbocycles. The summed E-state index contributed by atoms with van der Waals surface area (Å²) >= 11 is 0. The maximum absolute atomic E-state index is 12.2. The Labute approximate surface area is 149 Å². The van der Waals surface area contributed by atoms with Crippen molar-refractivity contribution in [2.24, 2.45) is 11.3 Å². The fourth-order valence-electron chi connectivity index (χ4n) is 3.71. The number of ether oxygens (including phenoxy) is 1. The first-order valence-corrected chi connectivity index (χ1v) is 9.90. The van der Waals surface area contributed by atoms with Crippen LogP contribution in [0.1, 0.15) is 80.1 Å². The van der Waals surface area contributed by atoms with Crippen LogP contribution >= 0.6 is 0 Å². The molecule has 24 heavy (non-hydrogen) atoms. The van der Waals surface area contributed by atoms with Crippen LogP contribution in [-0.4, -0.2) is 42.8 Å². The first-order valence-electron chi connectivity index (χ1n) is 9.90. The molecule has 4 heteroatoms. The Morgan fingerprint density at radius 3 is 2.33 bits per heavy atom. The summed E-state index contributed by atoms with van der Waals surface area (Å²) in [6.07, 6.45) is 7.00. The summed E-state index contributed by atoms with van der Waals surface area (Å²) in [5.74, 6) is 0.746. The highest BCUT2D eigenvalue weighted by Gasteiger charge is 2.36. The topological polar surface area (TPSA) is 41.6 Å². The molecule has 1 unspecified atom stereocenters. The number of likely N-dealkylation sites (tertiary alicyclic amines) is 1. The van der Waals surface area contributed by atoms with Gasteiger partial charge in [0, 0.05) is 19.6 Å². The minimum atomic E-state index is -0.411. The van der Waals surface area contributed by atoms with Crippen LogP contribution in [0.25, 0.3) is 0 Å². The number of carbonyl (C=O) groups excluding carboxylic acids is 1. The van der Waals surface area contributed by atoms with Gasteiger partial charge in [0.25, 0.3) is 0 Å². The Hall–Kier alpha value is -0.770. The SMILES string of the molecule is CCCC(C)CNCC1(CCC)CCN(C(=O)OC(C)(C)C)CC1. The maximum Gasteiger partial charge on any atom is 0.410 e. The first kappa shape index (κ1) is 21.3. The van der Waals surface area contributed by atoms with Gasteiger partial charge < -0.3 is 15.0 Å². The van der Waals surface area contributed by atoms with Gasteiger partial charge in [-0.3, -0.25) is 0 Å². The fourth-order valence-corrected chi connectivity index (χ4v) is 3.71. The highest BCUT2D eigenvalue weighted by molar-refractivity contribution is 5.68. The van der Waals surface area contributed by atoms with Gasteiger partial charge in [-0.05, 0) is 64.3 Å². The van der Waals surface area contributed by atoms with E-state index in [1.807, 2.05) is 25.7 Å². The molecular formula is C20H40N2O2. The zero-order chi connectivity index (χ0) is 18.2. The second-order valence-electron chi connectivity index (χ2n) is 8.74. The van der Waals surface area contributed by atoms with E-state index in [1.165, 1.54) is 25.7 Å². The van der Waals surface area contributed by atoms with Crippen molar-refractivity contribution in [3.8, 4) is 0 Å². The summed E-state index contributed by atoms with van der Waals surface area (Å²) in [6, 6.07) is 0. The summed E-state index contributed by atoms with van der Waals surface area (Å²) in [5, 5.41) is 3.71. The smallest absolute Gasteiger partial charge is 0.410 e. The highest BCUT2D eigenvalue weighted by Crippen LogP contribution is 2.36. The maximum atomic E-state index is 12.2. The normalized spacial score (nSPS) is 19.2. The number of piperidine rings is 1. The van der Waals surface area contributed by atoms with Gasteiger partial charge in [0.2, 0.25) is 0 Å². The zero-order valence-electron chi connectivity index (χ0n) is 16.9. The largest absolute Gasteiger partial charge is 0.444 e. The summed E-state index contributed by atoms with van der Waals surface area (Å²) in [5.41, 5.74) is -0.0643. The summed E-state index contributed by atoms with van der Waals surface area (Å²) < 4.78 is 5.52. The molecule has 4 nitrogen and oxygen atoms in total. The predicted octanol–water partition coefficient (Wildman–Crippen LogP) is 4.83. The molecule has 1 rings (SSSR count).